The van der Waals surface area contributed by atoms with Gasteiger partial charge in [-0.15, -0.1) is 0 Å². The van der Waals surface area contributed by atoms with Gasteiger partial charge in [-0.3, -0.25) is 0 Å². The average Bonchev–Trinajstić information content (AvgIpc) is 2.03. The predicted molar refractivity (Wildman–Crippen MR) is 55.2 cm³/mol. The van der Waals surface area contributed by atoms with Gasteiger partial charge >= 0.3 is 0 Å². The van der Waals surface area contributed by atoms with Gasteiger partial charge in [-0.05, 0) is 30.5 Å². The molecular formula is C11H13ClO. The summed E-state index contributed by atoms with van der Waals surface area (Å²) in [5.41, 5.74) is 0.853. The molecule has 0 amide bonds. The lowest BCUT2D eigenvalue weighted by molar-refractivity contribution is -0.115. The van der Waals surface area contributed by atoms with Crippen LogP contribution in [0, 0.1) is 0 Å². The third kappa shape index (κ3) is 1.37. The number of hydrogen-bond donors (Lipinski definition) is 0. The van der Waals surface area contributed by atoms with Crippen LogP contribution in [0.5, 0.6) is 0 Å². The van der Waals surface area contributed by atoms with Crippen LogP contribution in [0.2, 0.25) is 5.02 Å². The fourth-order valence-corrected chi connectivity index (χ4v) is 2.02. The van der Waals surface area contributed by atoms with Crippen LogP contribution in [0.25, 0.3) is 0 Å². The molecule has 0 atom stereocenters. The molecule has 1 saturated carbocycles. The summed E-state index contributed by atoms with van der Waals surface area (Å²) in [6.45, 7) is 0. The van der Waals surface area contributed by atoms with E-state index < -0.39 is 0 Å². The maximum absolute atomic E-state index is 11.0. The van der Waals surface area contributed by atoms with Crippen molar-refractivity contribution >= 4 is 17.9 Å². The normalized spacial score (nSPS) is 19.2. The number of aldehydes is 1. The van der Waals surface area contributed by atoms with Gasteiger partial charge in [0.1, 0.15) is 6.29 Å². The summed E-state index contributed by atoms with van der Waals surface area (Å²) in [6.07, 6.45) is 4.15. The standard InChI is InChI=1S/C11H11ClO.H2/c12-10-4-1-3-9(7-10)11(8-13)5-2-6-11;/h1,3-4,7-8H,2,5-6H2;1H/i;1+1. The van der Waals surface area contributed by atoms with Gasteiger partial charge in [-0.1, -0.05) is 30.2 Å². The van der Waals surface area contributed by atoms with Crippen molar-refractivity contribution < 1.29 is 6.22 Å². The zero-order chi connectivity index (χ0) is 9.31. The Morgan fingerprint density at radius 2 is 2.23 bits per heavy atom. The lowest BCUT2D eigenvalue weighted by atomic mass is 9.65. The van der Waals surface area contributed by atoms with E-state index in [9.17, 15) is 4.79 Å². The van der Waals surface area contributed by atoms with Gasteiger partial charge in [0.25, 0.3) is 0 Å². The molecule has 0 unspecified atom stereocenters. The van der Waals surface area contributed by atoms with Crippen LogP contribution in [-0.2, 0) is 10.2 Å². The van der Waals surface area contributed by atoms with Crippen molar-refractivity contribution in [3.05, 3.63) is 34.9 Å². The van der Waals surface area contributed by atoms with Crippen LogP contribution in [0.3, 0.4) is 0 Å². The summed E-state index contributed by atoms with van der Waals surface area (Å²) >= 11 is 5.87. The van der Waals surface area contributed by atoms with Crippen molar-refractivity contribution in [3.8, 4) is 0 Å². The topological polar surface area (TPSA) is 17.1 Å². The largest absolute Gasteiger partial charge is 0.302 e. The Labute approximate surface area is 84.2 Å². The fourth-order valence-electron chi connectivity index (χ4n) is 1.83. The van der Waals surface area contributed by atoms with Crippen LogP contribution in [0.1, 0.15) is 26.3 Å². The number of carbonyl (C=O) groups excluding carboxylic acids is 1. The van der Waals surface area contributed by atoms with E-state index in [1.807, 2.05) is 24.3 Å². The number of halogens is 1. The SMILES string of the molecule is O=CC1(c2cccc(Cl)c2)CCC1.[2HH]. The molecule has 1 aliphatic rings. The molecule has 0 aliphatic heterocycles. The quantitative estimate of drug-likeness (QED) is 0.666. The first-order valence-electron chi connectivity index (χ1n) is 4.49. The molecule has 0 saturated heterocycles. The molecule has 1 aromatic rings. The van der Waals surface area contributed by atoms with Gasteiger partial charge in [0.15, 0.2) is 0 Å². The molecule has 1 aliphatic carbocycles. The third-order valence-corrected chi connectivity index (χ3v) is 3.11. The Morgan fingerprint density at radius 1 is 1.46 bits per heavy atom. The average molecular weight is 198 g/mol. The molecule has 2 heteroatoms. The minimum Gasteiger partial charge on any atom is -0.302 e. The molecule has 2 rings (SSSR count). The molecule has 0 aromatic heterocycles. The van der Waals surface area contributed by atoms with Crippen LogP contribution < -0.4 is 0 Å². The van der Waals surface area contributed by atoms with Crippen molar-refractivity contribution in [1.29, 1.82) is 0 Å². The van der Waals surface area contributed by atoms with E-state index in [-0.39, 0.29) is 6.84 Å². The van der Waals surface area contributed by atoms with Gasteiger partial charge < -0.3 is 4.79 Å². The highest BCUT2D eigenvalue weighted by Gasteiger charge is 2.38. The van der Waals surface area contributed by atoms with Crippen molar-refractivity contribution in [1.82, 2.24) is 0 Å². The zero-order valence-corrected chi connectivity index (χ0v) is 8.05. The van der Waals surface area contributed by atoms with E-state index >= 15 is 0 Å². The highest BCUT2D eigenvalue weighted by Crippen LogP contribution is 2.42. The van der Waals surface area contributed by atoms with Gasteiger partial charge in [-0.25, -0.2) is 0 Å². The van der Waals surface area contributed by atoms with Crippen molar-refractivity contribution in [2.45, 2.75) is 24.7 Å². The first kappa shape index (κ1) is 8.76. The molecule has 0 N–H and O–H groups in total. The third-order valence-electron chi connectivity index (χ3n) is 2.87. The van der Waals surface area contributed by atoms with Gasteiger partial charge in [-0.2, -0.15) is 0 Å². The monoisotopic (exact) mass is 197 g/mol. The highest BCUT2D eigenvalue weighted by atomic mass is 35.5. The first-order chi connectivity index (χ1) is 6.27. The Kier molecular flexibility index (Phi) is 2.12. The van der Waals surface area contributed by atoms with E-state index in [0.717, 1.165) is 31.1 Å². The molecule has 0 radical (unpaired) electrons. The summed E-state index contributed by atoms with van der Waals surface area (Å²) < 4.78 is 0. The van der Waals surface area contributed by atoms with Crippen LogP contribution in [-0.4, -0.2) is 6.29 Å². The number of rotatable bonds is 2. The summed E-state index contributed by atoms with van der Waals surface area (Å²) in [5, 5.41) is 0.714. The van der Waals surface area contributed by atoms with Gasteiger partial charge in [0.2, 0.25) is 0 Å². The van der Waals surface area contributed by atoms with E-state index in [1.54, 1.807) is 0 Å². The van der Waals surface area contributed by atoms with Gasteiger partial charge in [0, 0.05) is 6.45 Å². The summed E-state index contributed by atoms with van der Waals surface area (Å²) in [6, 6.07) is 7.62. The second kappa shape index (κ2) is 3.15. The molecule has 0 heterocycles. The number of benzene rings is 1. The molecule has 70 valence electrons. The van der Waals surface area contributed by atoms with Crippen molar-refractivity contribution in [3.63, 3.8) is 0 Å². The minimum absolute atomic E-state index is 0. The van der Waals surface area contributed by atoms with Gasteiger partial charge in [0.05, 0.1) is 5.41 Å². The molecule has 0 spiro atoms. The fraction of sp³-hybridized carbons (Fsp3) is 0.364. The Hall–Kier alpha value is -0.820. The zero-order valence-electron chi connectivity index (χ0n) is 7.29. The maximum Gasteiger partial charge on any atom is 0.130 e. The second-order valence-electron chi connectivity index (χ2n) is 3.64. The van der Waals surface area contributed by atoms with Crippen LogP contribution >= 0.6 is 11.6 Å². The van der Waals surface area contributed by atoms with E-state index in [0.29, 0.717) is 5.02 Å². The van der Waals surface area contributed by atoms with Crippen LogP contribution in [0.15, 0.2) is 24.3 Å². The summed E-state index contributed by atoms with van der Waals surface area (Å²) in [4.78, 5) is 11.0. The molecule has 1 nitrogen and oxygen atoms in total. The van der Waals surface area contributed by atoms with E-state index in [2.05, 4.69) is 0 Å². The van der Waals surface area contributed by atoms with E-state index in [4.69, 9.17) is 11.6 Å². The minimum atomic E-state index is -0.217. The Morgan fingerprint density at radius 3 is 2.69 bits per heavy atom. The number of carbonyl (C=O) groups is 1. The molecule has 1 aromatic carbocycles. The highest BCUT2D eigenvalue weighted by molar-refractivity contribution is 6.30. The smallest absolute Gasteiger partial charge is 0.130 e. The van der Waals surface area contributed by atoms with Crippen LogP contribution in [0.4, 0.5) is 0 Å². The molecule has 13 heavy (non-hydrogen) atoms. The first-order valence-corrected chi connectivity index (χ1v) is 4.87. The second-order valence-corrected chi connectivity index (χ2v) is 4.07. The Bertz CT molecular complexity index is 334. The van der Waals surface area contributed by atoms with E-state index in [1.165, 1.54) is 0 Å². The molecular weight excluding hydrogens is 184 g/mol. The lowest BCUT2D eigenvalue weighted by Crippen LogP contribution is -2.35. The maximum atomic E-state index is 11.0. The lowest BCUT2D eigenvalue weighted by Gasteiger charge is -2.37. The summed E-state index contributed by atoms with van der Waals surface area (Å²) in [7, 11) is 0. The van der Waals surface area contributed by atoms with Crippen molar-refractivity contribution in [2.24, 2.45) is 0 Å². The Balaban J connectivity index is 0.000000980. The predicted octanol–water partition coefficient (Wildman–Crippen LogP) is 3.21. The number of hydrogen-bond acceptors (Lipinski definition) is 1. The summed E-state index contributed by atoms with van der Waals surface area (Å²) in [5.74, 6) is 0. The molecule has 0 bridgehead atoms. The molecule has 1 fully saturated rings. The van der Waals surface area contributed by atoms with Crippen molar-refractivity contribution in [2.75, 3.05) is 0 Å².